The average molecular weight is 1040 g/mol. The molecule has 2 aromatic rings. The minimum absolute atomic E-state index is 0.0781. The standard InChI is InChI=1S/C52H74N8O6S4/c1-29(53-7)47(67)55-35-19-23-69-39-27-51(3,4)43(59(39)49(35)63)45(61)57-41-33-17-11-9-15-31(33)25-37(41)65-21-13-14-22-66-38-26-32-16-10-12-18-34(32)42(38)58-46(62)44-52(5,6)28-40-60(44)50(64)36(20-24-70-40)56-48(68)30(2)54-8/h9-12,15-18,29-30,35-44,53-54H,13-14,19-28H2,1-8H3,(H,55,67)(H,56,68)(H,57,61)(H,58,62)/t29?,30?,35-,36-,37+,38+,39-,40-,41-,42-,43+,44+/m0/s1. The first-order chi connectivity index (χ1) is 33.4. The molecule has 0 bridgehead atoms. The molecule has 0 radical (unpaired) electrons. The lowest BCUT2D eigenvalue weighted by atomic mass is 9.83. The summed E-state index contributed by atoms with van der Waals surface area (Å²) in [6.45, 7) is 13.3. The predicted octanol–water partition coefficient (Wildman–Crippen LogP) is 5.33. The highest BCUT2D eigenvalue weighted by Gasteiger charge is 2.57. The second-order valence-electron chi connectivity index (χ2n) is 21.4. The van der Waals surface area contributed by atoms with Crippen molar-refractivity contribution < 1.29 is 28.7 Å². The van der Waals surface area contributed by atoms with E-state index in [0.29, 0.717) is 48.9 Å². The fourth-order valence-electron chi connectivity index (χ4n) is 11.5. The number of fused-ring (bicyclic) bond motifs is 4. The molecule has 0 aromatic heterocycles. The number of benzene rings is 2. The normalized spacial score (nSPS) is 30.5. The third-order valence-corrected chi connectivity index (χ3v) is 19.0. The van der Waals surface area contributed by atoms with E-state index < -0.39 is 35.0 Å². The molecule has 4 amide bonds. The SMILES string of the molecule is CNC(C)C(=S)N[C@H]1CCS[C@H]2CC(C)(C)[C@@H](C(=O)N[C@H]3c4ccccc4C[C@H]3OCCCCO[C@@H]3Cc4ccccc4[C@@H]3NC(=O)[C@H]3N4C(=O)[C@@H](NC(=S)C(C)NC)CCS[C@H]4CC3(C)C)N2C1=O. The zero-order valence-electron chi connectivity index (χ0n) is 42.0. The largest absolute Gasteiger partial charge is 0.375 e. The zero-order chi connectivity index (χ0) is 50.1. The molecule has 0 spiro atoms. The number of nitrogens with zero attached hydrogens (tertiary/aromatic N) is 2. The highest BCUT2D eigenvalue weighted by atomic mass is 32.2. The summed E-state index contributed by atoms with van der Waals surface area (Å²) in [5, 5.41) is 19.6. The maximum atomic E-state index is 14.7. The highest BCUT2D eigenvalue weighted by Crippen LogP contribution is 2.48. The van der Waals surface area contributed by atoms with E-state index in [-0.39, 0.29) is 70.8 Å². The van der Waals surface area contributed by atoms with E-state index in [9.17, 15) is 19.2 Å². The monoisotopic (exact) mass is 1030 g/mol. The number of carbonyl (C=O) groups excluding carboxylic acids is 4. The van der Waals surface area contributed by atoms with Crippen LogP contribution in [0.4, 0.5) is 0 Å². The third kappa shape index (κ3) is 11.1. The molecule has 4 aliphatic heterocycles. The van der Waals surface area contributed by atoms with Gasteiger partial charge in [0, 0.05) is 26.1 Å². The number of ether oxygens (including phenoxy) is 2. The minimum atomic E-state index is -0.653. The Labute approximate surface area is 434 Å². The number of thiocarbonyl (C=S) groups is 2. The summed E-state index contributed by atoms with van der Waals surface area (Å²) in [6, 6.07) is 13.2. The molecule has 4 fully saturated rings. The molecule has 4 saturated heterocycles. The predicted molar refractivity (Wildman–Crippen MR) is 287 cm³/mol. The first-order valence-electron chi connectivity index (χ1n) is 25.3. The van der Waals surface area contributed by atoms with Gasteiger partial charge < -0.3 is 51.2 Å². The lowest BCUT2D eigenvalue weighted by Crippen LogP contribution is -2.58. The Hall–Kier alpha value is -3.36. The molecular weight excluding hydrogens is 961 g/mol. The topological polar surface area (TPSA) is 165 Å². The Morgan fingerprint density at radius 1 is 0.657 bits per heavy atom. The molecular formula is C52H74N8O6S4. The van der Waals surface area contributed by atoms with Crippen LogP contribution in [0, 0.1) is 10.8 Å². The number of unbranched alkanes of at least 4 members (excludes halogenated alkanes) is 1. The first-order valence-corrected chi connectivity index (χ1v) is 28.2. The number of rotatable bonds is 17. The second kappa shape index (κ2) is 22.4. The van der Waals surface area contributed by atoms with Gasteiger partial charge in [-0.15, -0.1) is 23.5 Å². The van der Waals surface area contributed by atoms with Crippen LogP contribution in [-0.4, -0.2) is 141 Å². The number of carbonyl (C=O) groups is 4. The molecule has 2 aliphatic carbocycles. The number of hydrogen-bond donors (Lipinski definition) is 6. The van der Waals surface area contributed by atoms with E-state index in [1.165, 1.54) is 0 Å². The van der Waals surface area contributed by atoms with Crippen LogP contribution in [0.1, 0.15) is 114 Å². The molecule has 8 rings (SSSR count). The van der Waals surface area contributed by atoms with Crippen molar-refractivity contribution in [3.8, 4) is 0 Å². The van der Waals surface area contributed by atoms with Crippen LogP contribution in [0.5, 0.6) is 0 Å². The van der Waals surface area contributed by atoms with Gasteiger partial charge in [0.25, 0.3) is 0 Å². The van der Waals surface area contributed by atoms with Gasteiger partial charge in [-0.1, -0.05) is 101 Å². The van der Waals surface area contributed by atoms with Crippen molar-refractivity contribution >= 4 is 81.6 Å². The van der Waals surface area contributed by atoms with Crippen LogP contribution in [0.25, 0.3) is 0 Å². The summed E-state index contributed by atoms with van der Waals surface area (Å²) < 4.78 is 13.3. The Balaban J connectivity index is 0.882. The molecule has 2 unspecified atom stereocenters. The molecule has 6 N–H and O–H groups in total. The van der Waals surface area contributed by atoms with Gasteiger partial charge in [-0.25, -0.2) is 0 Å². The summed E-state index contributed by atoms with van der Waals surface area (Å²) in [5.41, 5.74) is 3.49. The molecule has 18 heteroatoms. The van der Waals surface area contributed by atoms with Gasteiger partial charge in [-0.2, -0.15) is 0 Å². The van der Waals surface area contributed by atoms with Gasteiger partial charge in [0.15, 0.2) is 0 Å². The van der Waals surface area contributed by atoms with Crippen molar-refractivity contribution in [1.82, 2.24) is 41.7 Å². The van der Waals surface area contributed by atoms with Crippen molar-refractivity contribution in [2.45, 2.75) is 164 Å². The van der Waals surface area contributed by atoms with Crippen molar-refractivity contribution in [3.63, 3.8) is 0 Å². The Kier molecular flexibility index (Phi) is 16.9. The molecule has 14 nitrogen and oxygen atoms in total. The van der Waals surface area contributed by atoms with E-state index in [1.807, 2.05) is 62.0 Å². The van der Waals surface area contributed by atoms with E-state index in [0.717, 1.165) is 59.4 Å². The van der Waals surface area contributed by atoms with E-state index >= 15 is 0 Å². The number of amides is 4. The summed E-state index contributed by atoms with van der Waals surface area (Å²) >= 11 is 14.8. The first kappa shape index (κ1) is 52.9. The third-order valence-electron chi connectivity index (χ3n) is 15.5. The van der Waals surface area contributed by atoms with Gasteiger partial charge in [-0.3, -0.25) is 19.2 Å². The van der Waals surface area contributed by atoms with E-state index in [2.05, 4.69) is 83.9 Å². The minimum Gasteiger partial charge on any atom is -0.375 e. The van der Waals surface area contributed by atoms with Gasteiger partial charge in [0.1, 0.15) is 24.2 Å². The molecule has 12 atom stereocenters. The van der Waals surface area contributed by atoms with Crippen molar-refractivity contribution in [3.05, 3.63) is 70.8 Å². The van der Waals surface area contributed by atoms with Gasteiger partial charge >= 0.3 is 0 Å². The van der Waals surface area contributed by atoms with Crippen LogP contribution in [0.3, 0.4) is 0 Å². The molecule has 70 heavy (non-hydrogen) atoms. The maximum absolute atomic E-state index is 14.7. The lowest BCUT2D eigenvalue weighted by molar-refractivity contribution is -0.143. The van der Waals surface area contributed by atoms with Gasteiger partial charge in [0.05, 0.1) is 57.1 Å². The number of thioether (sulfide) groups is 2. The second-order valence-corrected chi connectivity index (χ2v) is 24.8. The number of likely N-dealkylation sites (N-methyl/N-ethyl adjacent to an activating group) is 2. The lowest BCUT2D eigenvalue weighted by Gasteiger charge is -2.35. The molecule has 0 saturated carbocycles. The summed E-state index contributed by atoms with van der Waals surface area (Å²) in [4.78, 5) is 62.8. The average Bonchev–Trinajstić information content (AvgIpc) is 3.97. The fourth-order valence-corrected chi connectivity index (χ4v) is 15.1. The van der Waals surface area contributed by atoms with E-state index in [1.54, 1.807) is 23.5 Å². The maximum Gasteiger partial charge on any atom is 0.246 e. The summed E-state index contributed by atoms with van der Waals surface area (Å²) in [6.07, 6.45) is 4.98. The Morgan fingerprint density at radius 3 is 1.43 bits per heavy atom. The van der Waals surface area contributed by atoms with Crippen LogP contribution >= 0.6 is 48.0 Å². The van der Waals surface area contributed by atoms with Crippen molar-refractivity contribution in [2.75, 3.05) is 38.8 Å². The number of hydrogen-bond acceptors (Lipinski definition) is 12. The summed E-state index contributed by atoms with van der Waals surface area (Å²) in [7, 11) is 3.69. The van der Waals surface area contributed by atoms with Crippen molar-refractivity contribution in [1.29, 1.82) is 0 Å². The van der Waals surface area contributed by atoms with Gasteiger partial charge in [-0.05, 0) is 111 Å². The quantitative estimate of drug-likeness (QED) is 0.0890. The van der Waals surface area contributed by atoms with Crippen LogP contribution in [0.2, 0.25) is 0 Å². The van der Waals surface area contributed by atoms with Crippen LogP contribution in [-0.2, 0) is 41.5 Å². The molecule has 4 heterocycles. The van der Waals surface area contributed by atoms with Gasteiger partial charge in [0.2, 0.25) is 23.6 Å². The Morgan fingerprint density at radius 2 is 1.04 bits per heavy atom. The smallest absolute Gasteiger partial charge is 0.246 e. The highest BCUT2D eigenvalue weighted by molar-refractivity contribution is 8.00. The number of nitrogens with one attached hydrogen (secondary N) is 6. The summed E-state index contributed by atoms with van der Waals surface area (Å²) in [5.74, 6) is 1.11. The Bertz CT molecular complexity index is 2130. The van der Waals surface area contributed by atoms with Crippen LogP contribution in [0.15, 0.2) is 48.5 Å². The fraction of sp³-hybridized carbons (Fsp3) is 0.654. The van der Waals surface area contributed by atoms with E-state index in [4.69, 9.17) is 33.9 Å². The van der Waals surface area contributed by atoms with Crippen molar-refractivity contribution in [2.24, 2.45) is 10.8 Å². The zero-order valence-corrected chi connectivity index (χ0v) is 45.3. The molecule has 382 valence electrons. The van der Waals surface area contributed by atoms with Crippen LogP contribution < -0.4 is 31.9 Å². The molecule has 2 aromatic carbocycles. The molecule has 6 aliphatic rings.